The van der Waals surface area contributed by atoms with Crippen LogP contribution in [0.2, 0.25) is 0 Å². The van der Waals surface area contributed by atoms with Gasteiger partial charge in [-0.3, -0.25) is 28.8 Å². The average Bonchev–Trinajstić information content (AvgIpc) is 0.856. The standard InChI is InChI=1S/C21H28N2O.C19H24N2O.C18H21NO2.C17H19NO2.C12H17NO2.C11H15NO2/c24-21(23-17-8-14-20-11-5-2-6-12-20)15-18-22-16-7-13-19-9-3-1-4-10-19;22-19(21-16-12-18-9-5-2-6-10-18)13-15-20-14-11-17-7-3-1-4-8-17;20-18(21)12-14-19-13-11-17(15-7-3-1-4-8-15)16-9-5-2-6-10-16;19-17(20)11-12-18-13-16(14-7-3-1-4-8-14)15-9-5-2-6-10-15;14-12(15)8-10-13-9-4-7-11-5-2-1-3-6-11;13-11(14)7-9-12-8-6-10-4-2-1-3-5-10/h1-6,9-12,22H,7-8,13-18H2,(H,23,24);1-10,20H,11-16H2,(H,21,22);1-10,17,19H,11-14H2,(H,20,21);1-10,16,18H,11-13H2,(H,19,20);1-3,5-6,13H,4,7-10H2,(H,14,15);1-5,12H,6-9H2,(H,13,14). The summed E-state index contributed by atoms with van der Waals surface area (Å²) in [4.78, 5) is 64.9. The molecule has 10 aromatic carbocycles. The summed E-state index contributed by atoms with van der Waals surface area (Å²) in [7, 11) is 0. The van der Waals surface area contributed by atoms with Crippen LogP contribution in [0, 0.1) is 0 Å². The van der Waals surface area contributed by atoms with Crippen LogP contribution in [0.3, 0.4) is 0 Å². The molecule has 0 saturated carbocycles. The first-order valence-corrected chi connectivity index (χ1v) is 40.9. The van der Waals surface area contributed by atoms with Gasteiger partial charge in [-0.25, -0.2) is 0 Å². The van der Waals surface area contributed by atoms with E-state index < -0.39 is 23.9 Å². The normalized spacial score (nSPS) is 10.4. The van der Waals surface area contributed by atoms with E-state index in [9.17, 15) is 28.8 Å². The minimum absolute atomic E-state index is 0.114. The highest BCUT2D eigenvalue weighted by atomic mass is 16.4. The molecule has 0 heterocycles. The van der Waals surface area contributed by atoms with Crippen molar-refractivity contribution in [2.75, 3.05) is 91.6 Å². The minimum atomic E-state index is -0.770. The molecule has 0 spiro atoms. The molecule has 0 aromatic heterocycles. The highest BCUT2D eigenvalue weighted by Gasteiger charge is 2.15. The van der Waals surface area contributed by atoms with Crippen molar-refractivity contribution < 1.29 is 49.2 Å². The Morgan fingerprint density at radius 1 is 0.216 bits per heavy atom. The van der Waals surface area contributed by atoms with Crippen LogP contribution in [-0.4, -0.2) is 148 Å². The summed E-state index contributed by atoms with van der Waals surface area (Å²) < 4.78 is 0. The monoisotopic (exact) mass is 1570 g/mol. The largest absolute Gasteiger partial charge is 0.481 e. The van der Waals surface area contributed by atoms with Crippen LogP contribution < -0.4 is 42.5 Å². The van der Waals surface area contributed by atoms with Crippen molar-refractivity contribution in [3.05, 3.63) is 359 Å². The maximum Gasteiger partial charge on any atom is 0.304 e. The number of amides is 2. The second-order valence-electron chi connectivity index (χ2n) is 27.7. The zero-order valence-electron chi connectivity index (χ0n) is 67.5. The third-order valence-corrected chi connectivity index (χ3v) is 18.5. The molecular formula is C98H124N8O10. The summed E-state index contributed by atoms with van der Waals surface area (Å²) in [6.45, 7) is 10.2. The lowest BCUT2D eigenvalue weighted by atomic mass is 9.88. The van der Waals surface area contributed by atoms with Crippen molar-refractivity contribution in [3.8, 4) is 0 Å². The zero-order chi connectivity index (χ0) is 82.6. The molecule has 0 bridgehead atoms. The van der Waals surface area contributed by atoms with E-state index in [-0.39, 0.29) is 43.4 Å². The van der Waals surface area contributed by atoms with Crippen molar-refractivity contribution in [1.82, 2.24) is 42.5 Å². The van der Waals surface area contributed by atoms with Gasteiger partial charge in [-0.1, -0.05) is 303 Å². The average molecular weight is 1570 g/mol. The van der Waals surface area contributed by atoms with E-state index in [2.05, 4.69) is 225 Å². The third-order valence-electron chi connectivity index (χ3n) is 18.5. The molecule has 2 amide bonds. The Morgan fingerprint density at radius 2 is 0.440 bits per heavy atom. The van der Waals surface area contributed by atoms with E-state index in [0.717, 1.165) is 123 Å². The van der Waals surface area contributed by atoms with Crippen molar-refractivity contribution >= 4 is 35.7 Å². The summed E-state index contributed by atoms with van der Waals surface area (Å²) >= 11 is 0. The first-order valence-electron chi connectivity index (χ1n) is 40.9. The number of rotatable bonds is 48. The van der Waals surface area contributed by atoms with Crippen molar-refractivity contribution in [2.45, 2.75) is 115 Å². The fourth-order valence-corrected chi connectivity index (χ4v) is 12.2. The summed E-state index contributed by atoms with van der Waals surface area (Å²) in [6, 6.07) is 103. The van der Waals surface area contributed by atoms with Crippen LogP contribution in [0.4, 0.5) is 0 Å². The lowest BCUT2D eigenvalue weighted by molar-refractivity contribution is -0.137. The predicted octanol–water partition coefficient (Wildman–Crippen LogP) is 15.0. The summed E-state index contributed by atoms with van der Waals surface area (Å²) in [5.74, 6) is -2.20. The van der Waals surface area contributed by atoms with E-state index >= 15 is 0 Å². The number of hydrogen-bond acceptors (Lipinski definition) is 12. The van der Waals surface area contributed by atoms with Gasteiger partial charge in [0.1, 0.15) is 0 Å². The fourth-order valence-electron chi connectivity index (χ4n) is 12.2. The topological polar surface area (TPSA) is 280 Å². The molecule has 12 N–H and O–H groups in total. The second-order valence-corrected chi connectivity index (χ2v) is 27.7. The summed E-state index contributed by atoms with van der Waals surface area (Å²) in [5, 5.41) is 59.3. The summed E-state index contributed by atoms with van der Waals surface area (Å²) in [5.41, 5.74) is 12.9. The molecule has 0 atom stereocenters. The Labute approximate surface area is 688 Å². The van der Waals surface area contributed by atoms with E-state index in [0.29, 0.717) is 51.5 Å². The van der Waals surface area contributed by atoms with Crippen LogP contribution in [-0.2, 0) is 67.3 Å². The lowest BCUT2D eigenvalue weighted by Gasteiger charge is -2.18. The van der Waals surface area contributed by atoms with E-state index in [1.165, 1.54) is 55.6 Å². The van der Waals surface area contributed by atoms with Gasteiger partial charge in [0.2, 0.25) is 11.8 Å². The molecule has 0 aliphatic rings. The smallest absolute Gasteiger partial charge is 0.304 e. The zero-order valence-corrected chi connectivity index (χ0v) is 67.5. The molecule has 0 aliphatic heterocycles. The van der Waals surface area contributed by atoms with E-state index in [1.807, 2.05) is 121 Å². The molecule has 18 heteroatoms. The number of carbonyl (C=O) groups is 6. The molecule has 10 rings (SSSR count). The van der Waals surface area contributed by atoms with Crippen LogP contribution in [0.5, 0.6) is 0 Å². The van der Waals surface area contributed by atoms with Crippen molar-refractivity contribution in [3.63, 3.8) is 0 Å². The number of carboxylic acids is 4. The molecule has 0 fully saturated rings. The molecule has 0 saturated heterocycles. The van der Waals surface area contributed by atoms with Gasteiger partial charge in [0.15, 0.2) is 0 Å². The molecule has 616 valence electrons. The van der Waals surface area contributed by atoms with Crippen LogP contribution in [0.15, 0.2) is 303 Å². The van der Waals surface area contributed by atoms with Gasteiger partial charge < -0.3 is 63.0 Å². The summed E-state index contributed by atoms with van der Waals surface area (Å²) in [6.07, 6.45) is 11.8. The van der Waals surface area contributed by atoms with Crippen LogP contribution in [0.25, 0.3) is 0 Å². The van der Waals surface area contributed by atoms with Gasteiger partial charge in [-0.05, 0) is 153 Å². The maximum absolute atomic E-state index is 11.8. The van der Waals surface area contributed by atoms with Gasteiger partial charge in [0.05, 0.1) is 25.7 Å². The Morgan fingerprint density at radius 3 is 0.741 bits per heavy atom. The molecule has 0 aliphatic carbocycles. The number of carboxylic acid groups (broad SMARTS) is 4. The van der Waals surface area contributed by atoms with Gasteiger partial charge in [0, 0.05) is 83.6 Å². The highest BCUT2D eigenvalue weighted by molar-refractivity contribution is 5.76. The Kier molecular flexibility index (Phi) is 52.7. The maximum atomic E-state index is 11.8. The van der Waals surface area contributed by atoms with Crippen molar-refractivity contribution in [2.24, 2.45) is 0 Å². The van der Waals surface area contributed by atoms with Crippen molar-refractivity contribution in [1.29, 1.82) is 0 Å². The molecule has 0 radical (unpaired) electrons. The van der Waals surface area contributed by atoms with E-state index in [4.69, 9.17) is 20.4 Å². The van der Waals surface area contributed by atoms with Gasteiger partial charge in [-0.15, -0.1) is 0 Å². The predicted molar refractivity (Wildman–Crippen MR) is 470 cm³/mol. The molecule has 0 unspecified atom stereocenters. The highest BCUT2D eigenvalue weighted by Crippen LogP contribution is 2.28. The second kappa shape index (κ2) is 64.1. The van der Waals surface area contributed by atoms with Gasteiger partial charge >= 0.3 is 23.9 Å². The number of carbonyl (C=O) groups excluding carboxylic acids is 2. The number of aryl methyl sites for hydroxylation is 3. The Bertz CT molecular complexity index is 4010. The quantitative estimate of drug-likeness (QED) is 0.0158. The first kappa shape index (κ1) is 95.4. The molecule has 116 heavy (non-hydrogen) atoms. The fraction of sp³-hybridized carbons (Fsp3) is 0.327. The molecule has 10 aromatic rings. The molecular weight excluding hydrogens is 1450 g/mol. The van der Waals surface area contributed by atoms with Crippen LogP contribution in [0.1, 0.15) is 132 Å². The van der Waals surface area contributed by atoms with Crippen LogP contribution >= 0.6 is 0 Å². The van der Waals surface area contributed by atoms with Gasteiger partial charge in [0.25, 0.3) is 0 Å². The number of hydrogen-bond donors (Lipinski definition) is 12. The van der Waals surface area contributed by atoms with E-state index in [1.54, 1.807) is 0 Å². The Hall–Kier alpha value is -11.2. The SMILES string of the molecule is O=C(CCNCCCc1ccccc1)NCCCc1ccccc1.O=C(CCNCCc1ccccc1)NCCc1ccccc1.O=C(O)CCNCC(c1ccccc1)c1ccccc1.O=C(O)CCNCCC(c1ccccc1)c1ccccc1.O=C(O)CCNCCCc1ccccc1.O=C(O)CCNCCc1ccccc1. The third kappa shape index (κ3) is 49.4. The number of benzene rings is 10. The number of aliphatic carboxylic acids is 4. The molecule has 18 nitrogen and oxygen atoms in total. The van der Waals surface area contributed by atoms with Gasteiger partial charge in [-0.2, -0.15) is 0 Å². The lowest BCUT2D eigenvalue weighted by Crippen LogP contribution is -2.29. The minimum Gasteiger partial charge on any atom is -0.481 e. The number of nitrogens with one attached hydrogen (secondary N) is 8. The first-order chi connectivity index (χ1) is 56.8. The Balaban J connectivity index is 0.000000251.